The standard InChI is InChI=1S/C7H9N7OS2/c1-2-15-5-11-4(14-8)12-6(13-5)16-7-9-3-10-17-7/h3H,2,8H2,1H3,(H,11,12,13,14). The van der Waals surface area contributed by atoms with E-state index in [4.69, 9.17) is 10.6 Å². The van der Waals surface area contributed by atoms with Crippen molar-refractivity contribution in [3.63, 3.8) is 0 Å². The Morgan fingerprint density at radius 2 is 2.35 bits per heavy atom. The molecule has 2 heterocycles. The first-order valence-corrected chi connectivity index (χ1v) is 6.21. The van der Waals surface area contributed by atoms with Crippen LogP contribution in [0.5, 0.6) is 6.01 Å². The van der Waals surface area contributed by atoms with Crippen molar-refractivity contribution in [1.29, 1.82) is 0 Å². The Hall–Kier alpha value is -1.52. The van der Waals surface area contributed by atoms with Gasteiger partial charge in [-0.15, -0.1) is 0 Å². The zero-order valence-corrected chi connectivity index (χ0v) is 10.5. The van der Waals surface area contributed by atoms with E-state index in [1.54, 1.807) is 0 Å². The van der Waals surface area contributed by atoms with Crippen LogP contribution in [0.2, 0.25) is 0 Å². The minimum absolute atomic E-state index is 0.225. The van der Waals surface area contributed by atoms with Gasteiger partial charge in [0, 0.05) is 0 Å². The zero-order valence-electron chi connectivity index (χ0n) is 8.82. The molecule has 3 N–H and O–H groups in total. The van der Waals surface area contributed by atoms with Gasteiger partial charge in [-0.1, -0.05) is 0 Å². The fraction of sp³-hybridized carbons (Fsp3) is 0.286. The van der Waals surface area contributed by atoms with Gasteiger partial charge in [0.1, 0.15) is 6.33 Å². The van der Waals surface area contributed by atoms with Gasteiger partial charge >= 0.3 is 6.01 Å². The van der Waals surface area contributed by atoms with Crippen molar-refractivity contribution < 1.29 is 4.74 Å². The Morgan fingerprint density at radius 3 is 3.00 bits per heavy atom. The summed E-state index contributed by atoms with van der Waals surface area (Å²) in [5.41, 5.74) is 2.36. The molecular formula is C7H9N7OS2. The van der Waals surface area contributed by atoms with Crippen LogP contribution < -0.4 is 16.0 Å². The number of rotatable bonds is 5. The molecule has 0 aliphatic rings. The van der Waals surface area contributed by atoms with Gasteiger partial charge < -0.3 is 4.74 Å². The molecule has 17 heavy (non-hydrogen) atoms. The molecule has 2 rings (SSSR count). The lowest BCUT2D eigenvalue weighted by Crippen LogP contribution is -2.12. The number of hydrazine groups is 1. The van der Waals surface area contributed by atoms with Gasteiger partial charge in [-0.3, -0.25) is 5.43 Å². The number of nitrogens with zero attached hydrogens (tertiary/aromatic N) is 5. The first-order chi connectivity index (χ1) is 8.31. The van der Waals surface area contributed by atoms with Crippen molar-refractivity contribution in [1.82, 2.24) is 24.3 Å². The van der Waals surface area contributed by atoms with Crippen LogP contribution in [0.25, 0.3) is 0 Å². The minimum Gasteiger partial charge on any atom is -0.464 e. The summed E-state index contributed by atoms with van der Waals surface area (Å²) in [5.74, 6) is 5.51. The number of aromatic nitrogens is 5. The molecule has 0 amide bonds. The monoisotopic (exact) mass is 271 g/mol. The molecule has 90 valence electrons. The van der Waals surface area contributed by atoms with E-state index in [1.807, 2.05) is 6.92 Å². The molecule has 0 saturated heterocycles. The molecule has 2 aromatic heterocycles. The fourth-order valence-corrected chi connectivity index (χ4v) is 2.22. The van der Waals surface area contributed by atoms with Gasteiger partial charge in [-0.25, -0.2) is 10.8 Å². The van der Waals surface area contributed by atoms with Crippen LogP contribution in [-0.2, 0) is 0 Å². The maximum atomic E-state index is 5.26. The van der Waals surface area contributed by atoms with Crippen LogP contribution in [0.4, 0.5) is 5.95 Å². The van der Waals surface area contributed by atoms with Gasteiger partial charge in [0.15, 0.2) is 4.34 Å². The lowest BCUT2D eigenvalue weighted by molar-refractivity contribution is 0.308. The van der Waals surface area contributed by atoms with Crippen LogP contribution in [0, 0.1) is 0 Å². The molecule has 0 bridgehead atoms. The summed E-state index contributed by atoms with van der Waals surface area (Å²) in [6.07, 6.45) is 1.47. The zero-order chi connectivity index (χ0) is 12.1. The Morgan fingerprint density at radius 1 is 1.47 bits per heavy atom. The molecule has 0 radical (unpaired) electrons. The average Bonchev–Trinajstić information content (AvgIpc) is 2.82. The van der Waals surface area contributed by atoms with E-state index in [9.17, 15) is 0 Å². The highest BCUT2D eigenvalue weighted by molar-refractivity contribution is 8.00. The maximum Gasteiger partial charge on any atom is 0.322 e. The van der Waals surface area contributed by atoms with E-state index in [2.05, 4.69) is 29.7 Å². The Balaban J connectivity index is 2.23. The Labute approximate surface area is 105 Å². The number of ether oxygens (including phenoxy) is 1. The highest BCUT2D eigenvalue weighted by Gasteiger charge is 2.09. The second-order valence-corrected chi connectivity index (χ2v) is 4.61. The molecule has 0 unspecified atom stereocenters. The molecular weight excluding hydrogens is 262 g/mol. The largest absolute Gasteiger partial charge is 0.464 e. The molecule has 10 heteroatoms. The normalized spacial score (nSPS) is 10.2. The molecule has 0 aliphatic carbocycles. The second kappa shape index (κ2) is 5.70. The first kappa shape index (κ1) is 12.0. The molecule has 0 saturated carbocycles. The number of hydrogen-bond donors (Lipinski definition) is 2. The summed E-state index contributed by atoms with van der Waals surface area (Å²) in [6, 6.07) is 0.225. The molecule has 0 fully saturated rings. The summed E-state index contributed by atoms with van der Waals surface area (Å²) in [4.78, 5) is 16.1. The number of nitrogen functional groups attached to an aromatic ring is 1. The first-order valence-electron chi connectivity index (χ1n) is 4.62. The van der Waals surface area contributed by atoms with Crippen LogP contribution in [0.15, 0.2) is 15.8 Å². The van der Waals surface area contributed by atoms with Crippen molar-refractivity contribution in [2.75, 3.05) is 12.0 Å². The van der Waals surface area contributed by atoms with Crippen molar-refractivity contribution in [3.05, 3.63) is 6.33 Å². The summed E-state index contributed by atoms with van der Waals surface area (Å²) in [5, 5.41) is 0.452. The van der Waals surface area contributed by atoms with Crippen LogP contribution in [0.3, 0.4) is 0 Å². The number of hydrogen-bond acceptors (Lipinski definition) is 10. The van der Waals surface area contributed by atoms with E-state index in [0.29, 0.717) is 11.8 Å². The number of nitrogens with two attached hydrogens (primary N) is 1. The molecule has 0 atom stereocenters. The number of anilines is 1. The Bertz CT molecular complexity index is 477. The summed E-state index contributed by atoms with van der Waals surface area (Å²) < 4.78 is 9.83. The smallest absolute Gasteiger partial charge is 0.322 e. The average molecular weight is 271 g/mol. The van der Waals surface area contributed by atoms with Crippen LogP contribution in [-0.4, -0.2) is 30.9 Å². The van der Waals surface area contributed by atoms with Gasteiger partial charge in [0.05, 0.1) is 6.61 Å². The third-order valence-corrected chi connectivity index (χ3v) is 3.10. The topological polar surface area (TPSA) is 112 Å². The highest BCUT2D eigenvalue weighted by atomic mass is 32.2. The minimum atomic E-state index is 0.225. The summed E-state index contributed by atoms with van der Waals surface area (Å²) >= 11 is 2.53. The quantitative estimate of drug-likeness (QED) is 0.594. The predicted octanol–water partition coefficient (Wildman–Crippen LogP) is 0.559. The van der Waals surface area contributed by atoms with Crippen LogP contribution in [0.1, 0.15) is 6.92 Å². The van der Waals surface area contributed by atoms with Gasteiger partial charge in [-0.05, 0) is 30.2 Å². The van der Waals surface area contributed by atoms with E-state index in [1.165, 1.54) is 29.6 Å². The molecule has 0 aliphatic heterocycles. The van der Waals surface area contributed by atoms with E-state index in [0.717, 1.165) is 4.34 Å². The van der Waals surface area contributed by atoms with E-state index < -0.39 is 0 Å². The van der Waals surface area contributed by atoms with Gasteiger partial charge in [0.2, 0.25) is 11.1 Å². The van der Waals surface area contributed by atoms with Crippen molar-refractivity contribution in [2.45, 2.75) is 16.4 Å². The maximum absolute atomic E-state index is 5.26. The lowest BCUT2D eigenvalue weighted by atomic mass is 10.8. The van der Waals surface area contributed by atoms with Crippen molar-refractivity contribution in [2.24, 2.45) is 5.84 Å². The third-order valence-electron chi connectivity index (χ3n) is 1.52. The number of nitrogens with one attached hydrogen (secondary N) is 1. The van der Waals surface area contributed by atoms with Gasteiger partial charge in [-0.2, -0.15) is 19.3 Å². The molecule has 0 aromatic carbocycles. The van der Waals surface area contributed by atoms with Crippen LogP contribution >= 0.6 is 23.3 Å². The second-order valence-electron chi connectivity index (χ2n) is 2.61. The fourth-order valence-electron chi connectivity index (χ4n) is 0.928. The molecule has 2 aromatic rings. The van der Waals surface area contributed by atoms with E-state index in [-0.39, 0.29) is 12.0 Å². The SMILES string of the molecule is CCOc1nc(NN)nc(Sc2ncns2)n1. The lowest BCUT2D eigenvalue weighted by Gasteiger charge is -2.04. The highest BCUT2D eigenvalue weighted by Crippen LogP contribution is 2.26. The van der Waals surface area contributed by atoms with Crippen molar-refractivity contribution in [3.8, 4) is 6.01 Å². The molecule has 8 nitrogen and oxygen atoms in total. The predicted molar refractivity (Wildman–Crippen MR) is 62.8 cm³/mol. The molecule has 0 spiro atoms. The van der Waals surface area contributed by atoms with E-state index >= 15 is 0 Å². The third kappa shape index (κ3) is 3.22. The van der Waals surface area contributed by atoms with Gasteiger partial charge in [0.25, 0.3) is 0 Å². The Kier molecular flexibility index (Phi) is 4.01. The van der Waals surface area contributed by atoms with Crippen molar-refractivity contribution >= 4 is 29.2 Å². The summed E-state index contributed by atoms with van der Waals surface area (Å²) in [7, 11) is 0. The summed E-state index contributed by atoms with van der Waals surface area (Å²) in [6.45, 7) is 2.31.